The largest absolute Gasteiger partial charge is 0.395 e. The van der Waals surface area contributed by atoms with Gasteiger partial charge in [-0.2, -0.15) is 0 Å². The van der Waals surface area contributed by atoms with Gasteiger partial charge in [0.25, 0.3) is 0 Å². The summed E-state index contributed by atoms with van der Waals surface area (Å²) in [6.45, 7) is 2.78. The molecule has 0 aromatic carbocycles. The van der Waals surface area contributed by atoms with Crippen molar-refractivity contribution in [3.63, 3.8) is 0 Å². The maximum absolute atomic E-state index is 12.5. The molecule has 0 aromatic heterocycles. The monoisotopic (exact) mass is 400 g/mol. The SMILES string of the molecule is O=C(CN1C[C@@H](O)C[C@H]1CO)N1CCN(C(=O)CN2C[C@@H](O)C[C@H]2CO)CC1. The molecule has 3 saturated heterocycles. The Morgan fingerprint density at radius 1 is 0.714 bits per heavy atom. The van der Waals surface area contributed by atoms with Gasteiger partial charge in [-0.25, -0.2) is 0 Å². The van der Waals surface area contributed by atoms with E-state index in [-0.39, 0.29) is 50.2 Å². The number of nitrogens with zero attached hydrogens (tertiary/aromatic N) is 4. The van der Waals surface area contributed by atoms with E-state index in [2.05, 4.69) is 0 Å². The molecule has 0 unspecified atom stereocenters. The molecule has 10 heteroatoms. The summed E-state index contributed by atoms with van der Waals surface area (Å²) in [6.07, 6.45) is -0.0596. The third-order valence-corrected chi connectivity index (χ3v) is 6.09. The van der Waals surface area contributed by atoms with E-state index >= 15 is 0 Å². The fourth-order valence-electron chi connectivity index (χ4n) is 4.43. The second-order valence-electron chi connectivity index (χ2n) is 8.07. The van der Waals surface area contributed by atoms with Crippen LogP contribution in [0.4, 0.5) is 0 Å². The minimum Gasteiger partial charge on any atom is -0.395 e. The first-order valence-electron chi connectivity index (χ1n) is 10.0. The third kappa shape index (κ3) is 5.00. The van der Waals surface area contributed by atoms with Gasteiger partial charge in [0, 0.05) is 51.4 Å². The average molecular weight is 400 g/mol. The number of aliphatic hydroxyl groups excluding tert-OH is 4. The molecule has 3 fully saturated rings. The van der Waals surface area contributed by atoms with Crippen molar-refractivity contribution < 1.29 is 30.0 Å². The normalized spacial score (nSPS) is 32.3. The second kappa shape index (κ2) is 9.47. The number of likely N-dealkylation sites (tertiary alicyclic amines) is 2. The van der Waals surface area contributed by atoms with Crippen LogP contribution >= 0.6 is 0 Å². The van der Waals surface area contributed by atoms with Gasteiger partial charge in [-0.05, 0) is 12.8 Å². The topological polar surface area (TPSA) is 128 Å². The van der Waals surface area contributed by atoms with E-state index in [0.717, 1.165) is 0 Å². The number of amides is 2. The highest BCUT2D eigenvalue weighted by molar-refractivity contribution is 5.80. The minimum atomic E-state index is -0.508. The summed E-state index contributed by atoms with van der Waals surface area (Å²) >= 11 is 0. The Morgan fingerprint density at radius 2 is 1.07 bits per heavy atom. The molecule has 3 heterocycles. The lowest BCUT2D eigenvalue weighted by molar-refractivity contribution is -0.141. The summed E-state index contributed by atoms with van der Waals surface area (Å²) in [7, 11) is 0. The van der Waals surface area contributed by atoms with Gasteiger partial charge in [-0.3, -0.25) is 19.4 Å². The first-order valence-corrected chi connectivity index (χ1v) is 10.0. The molecule has 3 aliphatic heterocycles. The summed E-state index contributed by atoms with van der Waals surface area (Å²) < 4.78 is 0. The van der Waals surface area contributed by atoms with Gasteiger partial charge in [0.1, 0.15) is 0 Å². The summed E-state index contributed by atoms with van der Waals surface area (Å²) in [5, 5.41) is 38.2. The molecule has 4 N–H and O–H groups in total. The van der Waals surface area contributed by atoms with Crippen molar-refractivity contribution in [2.24, 2.45) is 0 Å². The maximum atomic E-state index is 12.5. The molecule has 0 spiro atoms. The van der Waals surface area contributed by atoms with Gasteiger partial charge < -0.3 is 30.2 Å². The van der Waals surface area contributed by atoms with E-state index in [9.17, 15) is 30.0 Å². The van der Waals surface area contributed by atoms with E-state index in [4.69, 9.17) is 0 Å². The number of hydrogen-bond donors (Lipinski definition) is 4. The fraction of sp³-hybridized carbons (Fsp3) is 0.889. The van der Waals surface area contributed by atoms with E-state index in [0.29, 0.717) is 52.1 Å². The van der Waals surface area contributed by atoms with Crippen LogP contribution in [0.2, 0.25) is 0 Å². The minimum absolute atomic E-state index is 0.0531. The van der Waals surface area contributed by atoms with E-state index in [1.54, 1.807) is 9.80 Å². The number of piperazine rings is 1. The van der Waals surface area contributed by atoms with E-state index in [1.807, 2.05) is 9.80 Å². The first kappa shape index (κ1) is 21.4. The number of carbonyl (C=O) groups excluding carboxylic acids is 2. The fourth-order valence-corrected chi connectivity index (χ4v) is 4.43. The van der Waals surface area contributed by atoms with Crippen LogP contribution in [0.3, 0.4) is 0 Å². The number of carbonyl (C=O) groups is 2. The average Bonchev–Trinajstić information content (AvgIpc) is 3.22. The van der Waals surface area contributed by atoms with Gasteiger partial charge in [-0.1, -0.05) is 0 Å². The van der Waals surface area contributed by atoms with Gasteiger partial charge in [-0.15, -0.1) is 0 Å². The van der Waals surface area contributed by atoms with Crippen molar-refractivity contribution in [2.75, 3.05) is 65.6 Å². The van der Waals surface area contributed by atoms with Crippen molar-refractivity contribution >= 4 is 11.8 Å². The first-order chi connectivity index (χ1) is 13.4. The molecule has 0 saturated carbocycles. The number of β-amino-alcohol motifs (C(OH)–C–C–N with tert-alkyl or cyclic N) is 2. The number of hydrogen-bond acceptors (Lipinski definition) is 8. The lowest BCUT2D eigenvalue weighted by atomic mass is 10.2. The van der Waals surface area contributed by atoms with Crippen LogP contribution in [-0.4, -0.2) is 142 Å². The molecular weight excluding hydrogens is 368 g/mol. The molecule has 3 aliphatic rings. The zero-order valence-electron chi connectivity index (χ0n) is 16.2. The Bertz CT molecular complexity index is 508. The Kier molecular flexibility index (Phi) is 7.24. The van der Waals surface area contributed by atoms with Crippen LogP contribution in [0.5, 0.6) is 0 Å². The van der Waals surface area contributed by atoms with Crippen LogP contribution in [0.15, 0.2) is 0 Å². The summed E-state index contributed by atoms with van der Waals surface area (Å²) in [5.41, 5.74) is 0. The zero-order chi connectivity index (χ0) is 20.3. The standard InChI is InChI=1S/C18H32N4O6/c23-11-13-5-15(25)7-21(13)9-17(27)19-1-2-20(4-3-19)18(28)10-22-8-16(26)6-14(22)12-24/h13-16,23-26H,1-12H2/t13-,14-,15-,16-/m0/s1. The van der Waals surface area contributed by atoms with Crippen molar-refractivity contribution in [3.8, 4) is 0 Å². The summed E-state index contributed by atoms with van der Waals surface area (Å²) in [4.78, 5) is 32.2. The van der Waals surface area contributed by atoms with Crippen LogP contribution in [-0.2, 0) is 9.59 Å². The lowest BCUT2D eigenvalue weighted by Crippen LogP contribution is -2.55. The Balaban J connectivity index is 1.43. The van der Waals surface area contributed by atoms with Crippen molar-refractivity contribution in [2.45, 2.75) is 37.1 Å². The molecule has 2 amide bonds. The van der Waals surface area contributed by atoms with Crippen LogP contribution in [0, 0.1) is 0 Å². The quantitative estimate of drug-likeness (QED) is 0.362. The third-order valence-electron chi connectivity index (χ3n) is 6.09. The second-order valence-corrected chi connectivity index (χ2v) is 8.07. The van der Waals surface area contributed by atoms with Crippen molar-refractivity contribution in [1.29, 1.82) is 0 Å². The predicted octanol–water partition coefficient (Wildman–Crippen LogP) is -3.49. The van der Waals surface area contributed by atoms with Gasteiger partial charge >= 0.3 is 0 Å². The molecular formula is C18H32N4O6. The highest BCUT2D eigenvalue weighted by Crippen LogP contribution is 2.19. The molecule has 4 atom stereocenters. The highest BCUT2D eigenvalue weighted by Gasteiger charge is 2.35. The smallest absolute Gasteiger partial charge is 0.236 e. The van der Waals surface area contributed by atoms with Gasteiger partial charge in [0.05, 0.1) is 38.5 Å². The molecule has 10 nitrogen and oxygen atoms in total. The molecule has 0 aromatic rings. The van der Waals surface area contributed by atoms with Crippen LogP contribution in [0.25, 0.3) is 0 Å². The van der Waals surface area contributed by atoms with Crippen LogP contribution in [0.1, 0.15) is 12.8 Å². The van der Waals surface area contributed by atoms with E-state index < -0.39 is 12.2 Å². The van der Waals surface area contributed by atoms with Crippen molar-refractivity contribution in [3.05, 3.63) is 0 Å². The number of aliphatic hydroxyl groups is 4. The zero-order valence-corrected chi connectivity index (χ0v) is 16.2. The highest BCUT2D eigenvalue weighted by atomic mass is 16.3. The van der Waals surface area contributed by atoms with Crippen molar-refractivity contribution in [1.82, 2.24) is 19.6 Å². The molecule has 0 radical (unpaired) electrons. The van der Waals surface area contributed by atoms with Gasteiger partial charge in [0.2, 0.25) is 11.8 Å². The lowest BCUT2D eigenvalue weighted by Gasteiger charge is -2.37. The summed E-state index contributed by atoms with van der Waals surface area (Å²) in [6, 6.07) is -0.366. The Labute approximate surface area is 164 Å². The van der Waals surface area contributed by atoms with E-state index in [1.165, 1.54) is 0 Å². The molecule has 28 heavy (non-hydrogen) atoms. The maximum Gasteiger partial charge on any atom is 0.236 e. The van der Waals surface area contributed by atoms with Crippen LogP contribution < -0.4 is 0 Å². The Morgan fingerprint density at radius 3 is 1.39 bits per heavy atom. The number of rotatable bonds is 6. The molecule has 3 rings (SSSR count). The Hall–Kier alpha value is -1.30. The molecule has 160 valence electrons. The summed E-state index contributed by atoms with van der Waals surface area (Å²) in [5.74, 6) is -0.106. The predicted molar refractivity (Wildman–Crippen MR) is 99.3 cm³/mol. The van der Waals surface area contributed by atoms with Gasteiger partial charge in [0.15, 0.2) is 0 Å². The molecule has 0 aliphatic carbocycles. The molecule has 0 bridgehead atoms.